The molecule has 244 valence electrons. The van der Waals surface area contributed by atoms with Gasteiger partial charge in [0, 0.05) is 25.0 Å². The highest BCUT2D eigenvalue weighted by Gasteiger charge is 2.50. The molecule has 0 spiro atoms. The molecule has 11 heteroatoms. The molecule has 4 rings (SSSR count). The van der Waals surface area contributed by atoms with Crippen LogP contribution >= 0.6 is 11.8 Å². The van der Waals surface area contributed by atoms with Crippen molar-refractivity contribution in [3.63, 3.8) is 0 Å². The Morgan fingerprint density at radius 3 is 1.91 bits per heavy atom. The minimum Gasteiger partial charge on any atom is -0.453 e. The molecule has 2 aromatic rings. The van der Waals surface area contributed by atoms with Crippen LogP contribution in [0.5, 0.6) is 0 Å². The predicted molar refractivity (Wildman–Crippen MR) is 164 cm³/mol. The number of methoxy groups -OCH3 is 2. The SMILES string of the molecule is COC1C(C)C(Sc2ccccc2)OC(C)C1O.COC1C(OC(=O)c2ccccc2)C(C)OC(F)C1OC(=O)C(C)(C)C. The highest BCUT2D eigenvalue weighted by molar-refractivity contribution is 7.99. The van der Waals surface area contributed by atoms with E-state index in [-0.39, 0.29) is 23.6 Å². The minimum atomic E-state index is -1.88. The highest BCUT2D eigenvalue weighted by atomic mass is 32.2. The fourth-order valence-corrected chi connectivity index (χ4v) is 6.04. The van der Waals surface area contributed by atoms with Gasteiger partial charge in [0.15, 0.2) is 12.2 Å². The van der Waals surface area contributed by atoms with Crippen LogP contribution in [0.15, 0.2) is 65.6 Å². The summed E-state index contributed by atoms with van der Waals surface area (Å²) in [6, 6.07) is 18.6. The first kappa shape index (κ1) is 35.9. The molecule has 10 atom stereocenters. The monoisotopic (exact) mass is 636 g/mol. The number of hydrogen-bond donors (Lipinski definition) is 1. The zero-order valence-electron chi connectivity index (χ0n) is 26.5. The van der Waals surface area contributed by atoms with Crippen LogP contribution in [0.1, 0.15) is 51.9 Å². The van der Waals surface area contributed by atoms with Gasteiger partial charge in [-0.1, -0.05) is 55.1 Å². The Labute approximate surface area is 263 Å². The van der Waals surface area contributed by atoms with E-state index in [1.54, 1.807) is 76.9 Å². The molecule has 0 saturated carbocycles. The maximum Gasteiger partial charge on any atom is 0.338 e. The van der Waals surface area contributed by atoms with Gasteiger partial charge in [-0.05, 0) is 58.9 Å². The van der Waals surface area contributed by atoms with Crippen molar-refractivity contribution in [2.45, 2.75) is 101 Å². The van der Waals surface area contributed by atoms with Crippen LogP contribution in [0.3, 0.4) is 0 Å². The van der Waals surface area contributed by atoms with E-state index in [1.807, 2.05) is 25.1 Å². The fraction of sp³-hybridized carbons (Fsp3) is 0.576. The van der Waals surface area contributed by atoms with Crippen LogP contribution in [0, 0.1) is 11.3 Å². The van der Waals surface area contributed by atoms with E-state index >= 15 is 0 Å². The van der Waals surface area contributed by atoms with Gasteiger partial charge >= 0.3 is 11.9 Å². The number of esters is 2. The molecule has 2 aliphatic heterocycles. The minimum absolute atomic E-state index is 0.00995. The number of alkyl halides is 1. The summed E-state index contributed by atoms with van der Waals surface area (Å²) in [7, 11) is 2.99. The van der Waals surface area contributed by atoms with Gasteiger partial charge in [-0.3, -0.25) is 4.79 Å². The van der Waals surface area contributed by atoms with Gasteiger partial charge in [-0.25, -0.2) is 9.18 Å². The summed E-state index contributed by atoms with van der Waals surface area (Å²) >= 11 is 1.68. The molecule has 2 saturated heterocycles. The smallest absolute Gasteiger partial charge is 0.338 e. The largest absolute Gasteiger partial charge is 0.453 e. The van der Waals surface area contributed by atoms with Crippen molar-refractivity contribution in [2.24, 2.45) is 11.3 Å². The third-order valence-corrected chi connectivity index (χ3v) is 8.79. The number of benzene rings is 2. The fourth-order valence-electron chi connectivity index (χ4n) is 4.85. The van der Waals surface area contributed by atoms with Gasteiger partial charge in [-0.2, -0.15) is 0 Å². The van der Waals surface area contributed by atoms with E-state index in [0.717, 1.165) is 0 Å². The Morgan fingerprint density at radius 1 is 0.795 bits per heavy atom. The predicted octanol–water partition coefficient (Wildman–Crippen LogP) is 5.43. The van der Waals surface area contributed by atoms with E-state index < -0.39 is 54.2 Å². The highest BCUT2D eigenvalue weighted by Crippen LogP contribution is 2.37. The van der Waals surface area contributed by atoms with Crippen LogP contribution in [0.2, 0.25) is 0 Å². The van der Waals surface area contributed by atoms with Gasteiger partial charge in [0.05, 0.1) is 29.3 Å². The zero-order chi connectivity index (χ0) is 32.6. The number of thioether (sulfide) groups is 1. The molecule has 2 aliphatic rings. The number of aliphatic hydroxyl groups excluding tert-OH is 1. The molecule has 44 heavy (non-hydrogen) atoms. The molecule has 10 unspecified atom stereocenters. The molecule has 0 aromatic heterocycles. The molecule has 0 aliphatic carbocycles. The molecule has 9 nitrogen and oxygen atoms in total. The van der Waals surface area contributed by atoms with Gasteiger partial charge in [0.25, 0.3) is 0 Å². The number of ether oxygens (including phenoxy) is 6. The normalized spacial score (nSPS) is 32.1. The number of carbonyl (C=O) groups is 2. The topological polar surface area (TPSA) is 110 Å². The number of rotatable bonds is 7. The molecule has 2 heterocycles. The van der Waals surface area contributed by atoms with Gasteiger partial charge in [0.1, 0.15) is 17.6 Å². The third-order valence-electron chi connectivity index (χ3n) is 7.47. The lowest BCUT2D eigenvalue weighted by molar-refractivity contribution is -0.266. The van der Waals surface area contributed by atoms with Gasteiger partial charge in [-0.15, -0.1) is 0 Å². The first-order valence-electron chi connectivity index (χ1n) is 14.7. The van der Waals surface area contributed by atoms with Crippen molar-refractivity contribution in [3.8, 4) is 0 Å². The Hall–Kier alpha value is -2.54. The van der Waals surface area contributed by atoms with Crippen molar-refractivity contribution < 1.29 is 47.5 Å². The van der Waals surface area contributed by atoms with Crippen molar-refractivity contribution >= 4 is 23.7 Å². The van der Waals surface area contributed by atoms with Crippen LogP contribution in [0.4, 0.5) is 4.39 Å². The summed E-state index contributed by atoms with van der Waals surface area (Å²) in [6.45, 7) is 10.5. The summed E-state index contributed by atoms with van der Waals surface area (Å²) in [4.78, 5) is 25.7. The van der Waals surface area contributed by atoms with Gasteiger partial charge < -0.3 is 33.5 Å². The molecule has 1 N–H and O–H groups in total. The van der Waals surface area contributed by atoms with Crippen LogP contribution in [-0.2, 0) is 33.2 Å². The molecule has 2 aromatic carbocycles. The lowest BCUT2D eigenvalue weighted by Crippen LogP contribution is -2.59. The summed E-state index contributed by atoms with van der Waals surface area (Å²) in [5, 5.41) is 10.0. The van der Waals surface area contributed by atoms with E-state index in [4.69, 9.17) is 28.4 Å². The molecule has 0 bridgehead atoms. The average molecular weight is 637 g/mol. The summed E-state index contributed by atoms with van der Waals surface area (Å²) in [5.41, 5.74) is -0.465. The van der Waals surface area contributed by atoms with E-state index in [9.17, 15) is 19.1 Å². The quantitative estimate of drug-likeness (QED) is 0.395. The lowest BCUT2D eigenvalue weighted by Gasteiger charge is -2.41. The Kier molecular flexibility index (Phi) is 13.2. The zero-order valence-corrected chi connectivity index (χ0v) is 27.4. The number of halogens is 1. The molecule has 2 fully saturated rings. The van der Waals surface area contributed by atoms with Crippen molar-refractivity contribution in [1.29, 1.82) is 0 Å². The van der Waals surface area contributed by atoms with Crippen molar-refractivity contribution in [1.82, 2.24) is 0 Å². The van der Waals surface area contributed by atoms with E-state index in [2.05, 4.69) is 19.1 Å². The first-order chi connectivity index (χ1) is 20.8. The molecular formula is C33H45FO9S. The summed E-state index contributed by atoms with van der Waals surface area (Å²) in [6.07, 6.45) is -6.85. The Morgan fingerprint density at radius 2 is 1.36 bits per heavy atom. The maximum absolute atomic E-state index is 14.4. The standard InChI is InChI=1S/C19H25FO6.C14H20O3S/c1-11-13(25-17(21)12-9-7-6-8-10-12)14(23-5)15(16(20)24-11)26-18(22)19(2,3)4;1-9-13(16-3)12(15)10(2)17-14(9)18-11-7-5-4-6-8-11/h6-11,13-16H,1-5H3;4-10,12-15H,1-3H3. The van der Waals surface area contributed by atoms with Crippen LogP contribution < -0.4 is 0 Å². The maximum atomic E-state index is 14.4. The number of hydrogen-bond acceptors (Lipinski definition) is 10. The van der Waals surface area contributed by atoms with Crippen LogP contribution in [-0.4, -0.2) is 85.8 Å². The third kappa shape index (κ3) is 9.24. The number of aliphatic hydroxyl groups is 1. The van der Waals surface area contributed by atoms with Crippen molar-refractivity contribution in [3.05, 3.63) is 66.2 Å². The van der Waals surface area contributed by atoms with E-state index in [0.29, 0.717) is 5.56 Å². The second kappa shape index (κ2) is 16.1. The molecular weight excluding hydrogens is 591 g/mol. The first-order valence-corrected chi connectivity index (χ1v) is 15.5. The van der Waals surface area contributed by atoms with E-state index in [1.165, 1.54) is 12.0 Å². The van der Waals surface area contributed by atoms with Gasteiger partial charge in [0.2, 0.25) is 6.36 Å². The molecule has 0 amide bonds. The van der Waals surface area contributed by atoms with Crippen molar-refractivity contribution in [2.75, 3.05) is 14.2 Å². The second-order valence-corrected chi connectivity index (χ2v) is 13.1. The lowest BCUT2D eigenvalue weighted by atomic mass is 9.94. The summed E-state index contributed by atoms with van der Waals surface area (Å²) in [5.74, 6) is -1.05. The molecule has 0 radical (unpaired) electrons. The van der Waals surface area contributed by atoms with Crippen LogP contribution in [0.25, 0.3) is 0 Å². The summed E-state index contributed by atoms with van der Waals surface area (Å²) < 4.78 is 47.0. The second-order valence-electron chi connectivity index (χ2n) is 11.9. The average Bonchev–Trinajstić information content (AvgIpc) is 2.99. The Bertz CT molecular complexity index is 1180. The Balaban J connectivity index is 0.000000257. The number of carbonyl (C=O) groups excluding carboxylic acids is 2.